The monoisotopic (exact) mass is 882 g/mol. The molecule has 0 saturated carbocycles. The smallest absolute Gasteiger partial charge is 0.306 e. The molecular formula is C57H103NO5. The Bertz CT molecular complexity index is 1130. The number of allylic oxidation sites excluding steroid dienone is 10. The number of aliphatic hydroxyl groups excluding tert-OH is 2. The van der Waals surface area contributed by atoms with Crippen molar-refractivity contribution in [2.24, 2.45) is 0 Å². The van der Waals surface area contributed by atoms with E-state index in [1.54, 1.807) is 0 Å². The summed E-state index contributed by atoms with van der Waals surface area (Å²) < 4.78 is 5.94. The summed E-state index contributed by atoms with van der Waals surface area (Å²) in [7, 11) is 0. The second-order valence-corrected chi connectivity index (χ2v) is 18.3. The van der Waals surface area contributed by atoms with E-state index in [0.29, 0.717) is 19.3 Å². The summed E-state index contributed by atoms with van der Waals surface area (Å²) in [5.41, 5.74) is 0. The van der Waals surface area contributed by atoms with E-state index < -0.39 is 18.2 Å². The van der Waals surface area contributed by atoms with Gasteiger partial charge in [-0.1, -0.05) is 229 Å². The molecule has 0 aromatic carbocycles. The topological polar surface area (TPSA) is 95.9 Å². The average molecular weight is 882 g/mol. The quantitative estimate of drug-likeness (QED) is 0.0245. The van der Waals surface area contributed by atoms with Gasteiger partial charge in [-0.3, -0.25) is 9.59 Å². The van der Waals surface area contributed by atoms with Crippen LogP contribution in [0.5, 0.6) is 0 Å². The molecule has 6 nitrogen and oxygen atoms in total. The molecule has 0 fully saturated rings. The van der Waals surface area contributed by atoms with Crippen LogP contribution in [0.2, 0.25) is 0 Å². The molecule has 0 aliphatic heterocycles. The van der Waals surface area contributed by atoms with Crippen LogP contribution < -0.4 is 5.32 Å². The van der Waals surface area contributed by atoms with Crippen molar-refractivity contribution < 1.29 is 24.5 Å². The number of amides is 1. The Morgan fingerprint density at radius 2 is 0.873 bits per heavy atom. The first kappa shape index (κ1) is 60.6. The maximum absolute atomic E-state index is 13.2. The molecule has 0 heterocycles. The second-order valence-electron chi connectivity index (χ2n) is 18.3. The predicted molar refractivity (Wildman–Crippen MR) is 273 cm³/mol. The van der Waals surface area contributed by atoms with Crippen LogP contribution in [0.1, 0.15) is 265 Å². The molecule has 0 aliphatic rings. The summed E-state index contributed by atoms with van der Waals surface area (Å²) in [6.45, 7) is 6.43. The molecule has 0 radical (unpaired) electrons. The fourth-order valence-electron chi connectivity index (χ4n) is 7.99. The Morgan fingerprint density at radius 1 is 0.476 bits per heavy atom. The molecule has 1 amide bonds. The van der Waals surface area contributed by atoms with Crippen molar-refractivity contribution in [2.45, 2.75) is 283 Å². The first-order chi connectivity index (χ1) is 31.0. The summed E-state index contributed by atoms with van der Waals surface area (Å²) >= 11 is 0. The Kier molecular flexibility index (Phi) is 48.6. The maximum Gasteiger partial charge on any atom is 0.306 e. The SMILES string of the molecule is CCCCC/C=C\C/C=C\CCCCCCCCCC(CC(=O)NC(CO)C(O)CCCCCCCCCCC)OC(=O)CCCCCCC/C=C/C=C/C=C/CCCCCCC. The van der Waals surface area contributed by atoms with Gasteiger partial charge < -0.3 is 20.3 Å². The highest BCUT2D eigenvalue weighted by Crippen LogP contribution is 2.18. The van der Waals surface area contributed by atoms with Crippen LogP contribution in [0.4, 0.5) is 0 Å². The van der Waals surface area contributed by atoms with Crippen LogP contribution in [0.15, 0.2) is 60.8 Å². The fraction of sp³-hybridized carbons (Fsp3) is 0.789. The summed E-state index contributed by atoms with van der Waals surface area (Å²) in [6.07, 6.45) is 62.8. The van der Waals surface area contributed by atoms with E-state index in [9.17, 15) is 19.8 Å². The molecule has 0 saturated heterocycles. The highest BCUT2D eigenvalue weighted by Gasteiger charge is 2.24. The van der Waals surface area contributed by atoms with Gasteiger partial charge in [0.1, 0.15) is 6.10 Å². The largest absolute Gasteiger partial charge is 0.462 e. The van der Waals surface area contributed by atoms with E-state index in [2.05, 4.69) is 86.8 Å². The number of ether oxygens (including phenoxy) is 1. The van der Waals surface area contributed by atoms with Crippen LogP contribution in [-0.2, 0) is 14.3 Å². The van der Waals surface area contributed by atoms with Crippen LogP contribution in [0, 0.1) is 0 Å². The van der Waals surface area contributed by atoms with Crippen molar-refractivity contribution >= 4 is 11.9 Å². The standard InChI is InChI=1S/C57H103NO5/c1-4-7-10-13-16-19-21-23-25-27-29-31-33-35-38-41-44-47-50-57(62)63-53(48-45-42-39-37-34-32-30-28-26-24-22-20-17-14-11-8-5-2)51-56(61)58-54(52-59)55(60)49-46-43-40-36-18-15-12-9-6-3/h17,20-21,23-27,29,31,53-55,59-60H,4-16,18-19,22,28,30,32-52H2,1-3H3,(H,58,61)/b20-17-,23-21+,26-24-,27-25+,31-29+. The Balaban J connectivity index is 4.62. The highest BCUT2D eigenvalue weighted by atomic mass is 16.5. The van der Waals surface area contributed by atoms with Gasteiger partial charge >= 0.3 is 5.97 Å². The van der Waals surface area contributed by atoms with Crippen LogP contribution >= 0.6 is 0 Å². The van der Waals surface area contributed by atoms with Crippen LogP contribution in [0.25, 0.3) is 0 Å². The molecule has 63 heavy (non-hydrogen) atoms. The van der Waals surface area contributed by atoms with Gasteiger partial charge in [-0.2, -0.15) is 0 Å². The molecule has 0 aliphatic carbocycles. The van der Waals surface area contributed by atoms with Crippen LogP contribution in [0.3, 0.4) is 0 Å². The van der Waals surface area contributed by atoms with Crippen molar-refractivity contribution in [3.8, 4) is 0 Å². The van der Waals surface area contributed by atoms with Gasteiger partial charge in [0, 0.05) is 6.42 Å². The number of unbranched alkanes of at least 4 members (excludes halogenated alkanes) is 28. The Hall–Kier alpha value is -2.44. The molecule has 0 bridgehead atoms. The molecule has 3 unspecified atom stereocenters. The minimum Gasteiger partial charge on any atom is -0.462 e. The summed E-state index contributed by atoms with van der Waals surface area (Å²) in [5, 5.41) is 23.7. The predicted octanol–water partition coefficient (Wildman–Crippen LogP) is 16.4. The molecule has 0 aromatic rings. The lowest BCUT2D eigenvalue weighted by Gasteiger charge is -2.24. The summed E-state index contributed by atoms with van der Waals surface area (Å²) in [6, 6.07) is -0.709. The first-order valence-corrected chi connectivity index (χ1v) is 27.0. The summed E-state index contributed by atoms with van der Waals surface area (Å²) in [5.74, 6) is -0.501. The first-order valence-electron chi connectivity index (χ1n) is 27.0. The summed E-state index contributed by atoms with van der Waals surface area (Å²) in [4.78, 5) is 26.2. The van der Waals surface area contributed by atoms with Crippen molar-refractivity contribution in [3.05, 3.63) is 60.8 Å². The minimum atomic E-state index is -0.794. The molecule has 366 valence electrons. The zero-order chi connectivity index (χ0) is 45.9. The lowest BCUT2D eigenvalue weighted by atomic mass is 10.0. The van der Waals surface area contributed by atoms with Crippen LogP contribution in [-0.4, -0.2) is 46.9 Å². The lowest BCUT2D eigenvalue weighted by molar-refractivity contribution is -0.151. The molecule has 0 spiro atoms. The van der Waals surface area contributed by atoms with Crippen molar-refractivity contribution in [1.82, 2.24) is 5.32 Å². The van der Waals surface area contributed by atoms with Gasteiger partial charge in [-0.25, -0.2) is 0 Å². The molecule has 6 heteroatoms. The number of carbonyl (C=O) groups is 2. The number of carbonyl (C=O) groups excluding carboxylic acids is 2. The Labute approximate surface area is 390 Å². The van der Waals surface area contributed by atoms with E-state index in [-0.39, 0.29) is 24.9 Å². The van der Waals surface area contributed by atoms with E-state index >= 15 is 0 Å². The number of esters is 1. The van der Waals surface area contributed by atoms with E-state index in [1.807, 2.05) is 0 Å². The van der Waals surface area contributed by atoms with Crippen molar-refractivity contribution in [3.63, 3.8) is 0 Å². The molecule has 0 aromatic heterocycles. The second kappa shape index (κ2) is 50.6. The number of rotatable bonds is 48. The number of hydrogen-bond donors (Lipinski definition) is 3. The van der Waals surface area contributed by atoms with Crippen molar-refractivity contribution in [2.75, 3.05) is 6.61 Å². The third-order valence-electron chi connectivity index (χ3n) is 12.1. The van der Waals surface area contributed by atoms with Gasteiger partial charge in [-0.15, -0.1) is 0 Å². The van der Waals surface area contributed by atoms with E-state index in [0.717, 1.165) is 89.9 Å². The highest BCUT2D eigenvalue weighted by molar-refractivity contribution is 5.77. The average Bonchev–Trinajstić information content (AvgIpc) is 3.28. The molecule has 3 N–H and O–H groups in total. The fourth-order valence-corrected chi connectivity index (χ4v) is 7.99. The van der Waals surface area contributed by atoms with E-state index in [4.69, 9.17) is 4.74 Å². The molecular weight excluding hydrogens is 779 g/mol. The van der Waals surface area contributed by atoms with Gasteiger partial charge in [0.25, 0.3) is 0 Å². The number of nitrogens with one attached hydrogen (secondary N) is 1. The minimum absolute atomic E-state index is 0.0628. The van der Waals surface area contributed by atoms with Gasteiger partial charge in [-0.05, 0) is 83.5 Å². The molecule has 0 rings (SSSR count). The third kappa shape index (κ3) is 45.9. The maximum atomic E-state index is 13.2. The Morgan fingerprint density at radius 3 is 1.37 bits per heavy atom. The van der Waals surface area contributed by atoms with Crippen molar-refractivity contribution in [1.29, 1.82) is 0 Å². The normalized spacial score (nSPS) is 13.7. The van der Waals surface area contributed by atoms with Gasteiger partial charge in [0.05, 0.1) is 25.2 Å². The van der Waals surface area contributed by atoms with Gasteiger partial charge in [0.2, 0.25) is 5.91 Å². The number of aliphatic hydroxyl groups is 2. The zero-order valence-electron chi connectivity index (χ0n) is 41.7. The van der Waals surface area contributed by atoms with E-state index in [1.165, 1.54) is 128 Å². The zero-order valence-corrected chi connectivity index (χ0v) is 41.7. The number of hydrogen-bond acceptors (Lipinski definition) is 5. The third-order valence-corrected chi connectivity index (χ3v) is 12.1. The lowest BCUT2D eigenvalue weighted by Crippen LogP contribution is -2.46. The van der Waals surface area contributed by atoms with Gasteiger partial charge in [0.15, 0.2) is 0 Å². The molecule has 3 atom stereocenters.